The van der Waals surface area contributed by atoms with Gasteiger partial charge in [-0.3, -0.25) is 29.4 Å². The molecule has 3 amide bonds. The normalized spacial score (nSPS) is 23.0. The fourth-order valence-electron chi connectivity index (χ4n) is 3.64. The van der Waals surface area contributed by atoms with Crippen LogP contribution in [0.4, 0.5) is 5.69 Å². The van der Waals surface area contributed by atoms with E-state index in [1.165, 1.54) is 12.1 Å². The van der Waals surface area contributed by atoms with E-state index >= 15 is 0 Å². The van der Waals surface area contributed by atoms with Crippen molar-refractivity contribution in [3.63, 3.8) is 0 Å². The molecule has 132 valence electrons. The number of fused-ring (bicyclic) bond motifs is 1. The summed E-state index contributed by atoms with van der Waals surface area (Å²) in [6.45, 7) is 5.02. The average molecular weight is 345 g/mol. The summed E-state index contributed by atoms with van der Waals surface area (Å²) in [6.07, 6.45) is 1.04. The standard InChI is InChI=1S/C17H19N3O5/c1-10-5-11(2)8-18(7-10)15(21)9-19-16(22)13-4-3-12(20(24)25)6-14(13)17(19)23/h3-4,6,10-11H,5,7-9H2,1-2H3. The first-order valence-electron chi connectivity index (χ1n) is 8.20. The molecule has 1 aromatic rings. The number of likely N-dealkylation sites (tertiary alicyclic amines) is 1. The Morgan fingerprint density at radius 1 is 1.16 bits per heavy atom. The molecule has 0 radical (unpaired) electrons. The molecular weight excluding hydrogens is 326 g/mol. The fraction of sp³-hybridized carbons (Fsp3) is 0.471. The Kier molecular flexibility index (Phi) is 4.28. The summed E-state index contributed by atoms with van der Waals surface area (Å²) < 4.78 is 0. The molecule has 2 aliphatic heterocycles. The number of non-ortho nitro benzene ring substituents is 1. The molecule has 8 heteroatoms. The lowest BCUT2D eigenvalue weighted by Gasteiger charge is -2.35. The topological polar surface area (TPSA) is 101 Å². The molecule has 3 rings (SSSR count). The van der Waals surface area contributed by atoms with E-state index in [4.69, 9.17) is 0 Å². The Bertz CT molecular complexity index is 766. The lowest BCUT2D eigenvalue weighted by Crippen LogP contribution is -2.48. The highest BCUT2D eigenvalue weighted by molar-refractivity contribution is 6.22. The van der Waals surface area contributed by atoms with Gasteiger partial charge in [0.15, 0.2) is 0 Å². The van der Waals surface area contributed by atoms with Gasteiger partial charge in [0.25, 0.3) is 17.5 Å². The van der Waals surface area contributed by atoms with Crippen LogP contribution in [-0.4, -0.2) is 52.1 Å². The van der Waals surface area contributed by atoms with E-state index in [-0.39, 0.29) is 29.3 Å². The molecule has 0 aliphatic carbocycles. The summed E-state index contributed by atoms with van der Waals surface area (Å²) in [5.74, 6) is -0.769. The first kappa shape index (κ1) is 17.1. The maximum Gasteiger partial charge on any atom is 0.270 e. The monoisotopic (exact) mass is 345 g/mol. The second-order valence-corrected chi connectivity index (χ2v) is 6.93. The minimum Gasteiger partial charge on any atom is -0.341 e. The lowest BCUT2D eigenvalue weighted by molar-refractivity contribution is -0.384. The second kappa shape index (κ2) is 6.27. The lowest BCUT2D eigenvalue weighted by atomic mass is 9.92. The zero-order valence-electron chi connectivity index (χ0n) is 14.1. The van der Waals surface area contributed by atoms with E-state index in [1.54, 1.807) is 4.90 Å². The van der Waals surface area contributed by atoms with E-state index in [1.807, 2.05) is 0 Å². The van der Waals surface area contributed by atoms with Gasteiger partial charge in [-0.1, -0.05) is 13.8 Å². The highest BCUT2D eigenvalue weighted by atomic mass is 16.6. The minimum atomic E-state index is -0.657. The zero-order chi connectivity index (χ0) is 18.3. The molecule has 2 heterocycles. The Balaban J connectivity index is 1.77. The van der Waals surface area contributed by atoms with Crippen molar-refractivity contribution in [2.75, 3.05) is 19.6 Å². The number of carbonyl (C=O) groups excluding carboxylic acids is 3. The Morgan fingerprint density at radius 3 is 2.36 bits per heavy atom. The molecule has 8 nitrogen and oxygen atoms in total. The number of nitro benzene ring substituents is 1. The molecule has 2 aliphatic rings. The number of rotatable bonds is 3. The van der Waals surface area contributed by atoms with Crippen LogP contribution in [0.3, 0.4) is 0 Å². The third-order valence-electron chi connectivity index (χ3n) is 4.68. The van der Waals surface area contributed by atoms with Gasteiger partial charge >= 0.3 is 0 Å². The molecule has 1 saturated heterocycles. The summed E-state index contributed by atoms with van der Waals surface area (Å²) in [7, 11) is 0. The van der Waals surface area contributed by atoms with Crippen molar-refractivity contribution in [3.05, 3.63) is 39.4 Å². The zero-order valence-corrected chi connectivity index (χ0v) is 14.1. The van der Waals surface area contributed by atoms with Crippen LogP contribution in [0.2, 0.25) is 0 Å². The SMILES string of the molecule is CC1CC(C)CN(C(=O)CN2C(=O)c3ccc([N+](=O)[O-])cc3C2=O)C1. The Hall–Kier alpha value is -2.77. The van der Waals surface area contributed by atoms with Crippen LogP contribution in [0.1, 0.15) is 41.0 Å². The van der Waals surface area contributed by atoms with Gasteiger partial charge in [0, 0.05) is 25.2 Å². The number of imide groups is 1. The maximum atomic E-state index is 12.5. The van der Waals surface area contributed by atoms with Crippen molar-refractivity contribution >= 4 is 23.4 Å². The summed E-state index contributed by atoms with van der Waals surface area (Å²) in [6, 6.07) is 3.54. The fourth-order valence-corrected chi connectivity index (χ4v) is 3.64. The molecular formula is C17H19N3O5. The van der Waals surface area contributed by atoms with Crippen LogP contribution >= 0.6 is 0 Å². The third-order valence-corrected chi connectivity index (χ3v) is 4.68. The molecule has 0 aromatic heterocycles. The van der Waals surface area contributed by atoms with Crippen LogP contribution in [-0.2, 0) is 4.79 Å². The van der Waals surface area contributed by atoms with Crippen LogP contribution in [0.25, 0.3) is 0 Å². The molecule has 0 spiro atoms. The van der Waals surface area contributed by atoms with Crippen LogP contribution in [0, 0.1) is 22.0 Å². The van der Waals surface area contributed by atoms with Crippen LogP contribution in [0.5, 0.6) is 0 Å². The van der Waals surface area contributed by atoms with Crippen molar-refractivity contribution < 1.29 is 19.3 Å². The molecule has 0 bridgehead atoms. The van der Waals surface area contributed by atoms with Crippen molar-refractivity contribution in [2.45, 2.75) is 20.3 Å². The van der Waals surface area contributed by atoms with E-state index in [2.05, 4.69) is 13.8 Å². The number of piperidine rings is 1. The predicted molar refractivity (Wildman–Crippen MR) is 88.0 cm³/mol. The highest BCUT2D eigenvalue weighted by Crippen LogP contribution is 2.27. The van der Waals surface area contributed by atoms with E-state index in [0.29, 0.717) is 24.9 Å². The van der Waals surface area contributed by atoms with Gasteiger partial charge in [0.05, 0.1) is 16.1 Å². The quantitative estimate of drug-likeness (QED) is 0.471. The van der Waals surface area contributed by atoms with E-state index < -0.39 is 16.7 Å². The predicted octanol–water partition coefficient (Wildman–Crippen LogP) is 1.70. The van der Waals surface area contributed by atoms with Crippen molar-refractivity contribution in [1.82, 2.24) is 9.80 Å². The molecule has 1 aromatic carbocycles. The summed E-state index contributed by atoms with van der Waals surface area (Å²) in [5.41, 5.74) is -0.178. The van der Waals surface area contributed by atoms with Crippen molar-refractivity contribution in [2.24, 2.45) is 11.8 Å². The van der Waals surface area contributed by atoms with Gasteiger partial charge < -0.3 is 4.90 Å². The van der Waals surface area contributed by atoms with Gasteiger partial charge in [-0.25, -0.2) is 0 Å². The number of hydrogen-bond donors (Lipinski definition) is 0. The molecule has 25 heavy (non-hydrogen) atoms. The van der Waals surface area contributed by atoms with Gasteiger partial charge in [-0.05, 0) is 24.3 Å². The van der Waals surface area contributed by atoms with Gasteiger partial charge in [0.1, 0.15) is 6.54 Å². The molecule has 0 saturated carbocycles. The minimum absolute atomic E-state index is 0.0209. The third kappa shape index (κ3) is 3.11. The number of benzene rings is 1. The second-order valence-electron chi connectivity index (χ2n) is 6.93. The van der Waals surface area contributed by atoms with Crippen LogP contribution < -0.4 is 0 Å². The Morgan fingerprint density at radius 2 is 1.76 bits per heavy atom. The Labute approximate surface area is 144 Å². The molecule has 2 atom stereocenters. The van der Waals surface area contributed by atoms with Gasteiger partial charge in [-0.15, -0.1) is 0 Å². The largest absolute Gasteiger partial charge is 0.341 e. The van der Waals surface area contributed by atoms with Gasteiger partial charge in [-0.2, -0.15) is 0 Å². The van der Waals surface area contributed by atoms with Gasteiger partial charge in [0.2, 0.25) is 5.91 Å². The number of nitrogens with zero attached hydrogens (tertiary/aromatic N) is 3. The van der Waals surface area contributed by atoms with E-state index in [9.17, 15) is 24.5 Å². The molecule has 1 fully saturated rings. The first-order chi connectivity index (χ1) is 11.8. The van der Waals surface area contributed by atoms with Crippen molar-refractivity contribution in [3.8, 4) is 0 Å². The number of hydrogen-bond acceptors (Lipinski definition) is 5. The highest BCUT2D eigenvalue weighted by Gasteiger charge is 2.39. The number of nitro groups is 1. The first-order valence-corrected chi connectivity index (χ1v) is 8.20. The summed E-state index contributed by atoms with van der Waals surface area (Å²) >= 11 is 0. The van der Waals surface area contributed by atoms with E-state index in [0.717, 1.165) is 17.4 Å². The number of amides is 3. The molecule has 0 N–H and O–H groups in total. The number of carbonyl (C=O) groups is 3. The molecule has 2 unspecified atom stereocenters. The van der Waals surface area contributed by atoms with Crippen molar-refractivity contribution in [1.29, 1.82) is 0 Å². The smallest absolute Gasteiger partial charge is 0.270 e. The maximum absolute atomic E-state index is 12.5. The summed E-state index contributed by atoms with van der Waals surface area (Å²) in [5, 5.41) is 10.9. The average Bonchev–Trinajstić information content (AvgIpc) is 2.78. The van der Waals surface area contributed by atoms with Crippen LogP contribution in [0.15, 0.2) is 18.2 Å². The summed E-state index contributed by atoms with van der Waals surface area (Å²) in [4.78, 5) is 50.2.